The second kappa shape index (κ2) is 8.99. The van der Waals surface area contributed by atoms with Gasteiger partial charge in [-0.05, 0) is 50.1 Å². The summed E-state index contributed by atoms with van der Waals surface area (Å²) < 4.78 is 2.96. The molecule has 0 saturated heterocycles. The highest BCUT2D eigenvalue weighted by Crippen LogP contribution is 2.34. The van der Waals surface area contributed by atoms with Crippen LogP contribution < -0.4 is 4.90 Å². The molecule has 8 heteroatoms. The molecular formula is C23H21ClN4O2S. The summed E-state index contributed by atoms with van der Waals surface area (Å²) in [5, 5.41) is 1.29. The van der Waals surface area contributed by atoms with E-state index in [0.29, 0.717) is 27.8 Å². The molecule has 0 unspecified atom stereocenters. The van der Waals surface area contributed by atoms with Gasteiger partial charge in [0, 0.05) is 41.6 Å². The third kappa shape index (κ3) is 4.52. The van der Waals surface area contributed by atoms with Crippen molar-refractivity contribution in [2.75, 3.05) is 11.4 Å². The first-order valence-corrected chi connectivity index (χ1v) is 11.1. The van der Waals surface area contributed by atoms with Gasteiger partial charge >= 0.3 is 0 Å². The number of fused-ring (bicyclic) bond motifs is 1. The molecule has 4 aromatic rings. The van der Waals surface area contributed by atoms with Crippen molar-refractivity contribution in [2.24, 2.45) is 0 Å². The smallest absolute Gasteiger partial charge is 0.260 e. The zero-order valence-corrected chi connectivity index (χ0v) is 18.8. The molecule has 31 heavy (non-hydrogen) atoms. The maximum absolute atomic E-state index is 13.4. The first kappa shape index (κ1) is 21.2. The topological polar surface area (TPSA) is 68.1 Å². The van der Waals surface area contributed by atoms with Gasteiger partial charge in [0.25, 0.3) is 5.91 Å². The molecule has 158 valence electrons. The molecule has 0 aliphatic rings. The number of ketones is 1. The minimum Gasteiger partial charge on any atom is -0.337 e. The molecule has 0 N–H and O–H groups in total. The summed E-state index contributed by atoms with van der Waals surface area (Å²) in [6, 6.07) is 10.5. The molecule has 4 rings (SSSR count). The van der Waals surface area contributed by atoms with E-state index in [2.05, 4.69) is 4.98 Å². The predicted octanol–water partition coefficient (Wildman–Crippen LogP) is 5.39. The summed E-state index contributed by atoms with van der Waals surface area (Å²) >= 11 is 7.73. The number of hydrogen-bond donors (Lipinski definition) is 0. The van der Waals surface area contributed by atoms with Gasteiger partial charge in [-0.1, -0.05) is 35.1 Å². The van der Waals surface area contributed by atoms with Crippen LogP contribution in [0.1, 0.15) is 39.6 Å². The van der Waals surface area contributed by atoms with Crippen LogP contribution in [0.15, 0.2) is 55.1 Å². The standard InChI is InChI=1S/C23H21ClN4O2S/c1-15-19(24)8-9-20-21(15)26-23(31-20)28(12-3-11-27-13-10-25-14-27)22(30)18-6-4-17(5-7-18)16(2)29/h4-10,13-14H,3,11-12H2,1-2H3. The lowest BCUT2D eigenvalue weighted by Crippen LogP contribution is -2.32. The highest BCUT2D eigenvalue weighted by Gasteiger charge is 2.22. The minimum absolute atomic E-state index is 0.0327. The molecule has 6 nitrogen and oxygen atoms in total. The largest absolute Gasteiger partial charge is 0.337 e. The van der Waals surface area contributed by atoms with E-state index in [1.54, 1.807) is 41.7 Å². The Kier molecular flexibility index (Phi) is 6.15. The van der Waals surface area contributed by atoms with Crippen molar-refractivity contribution in [3.63, 3.8) is 0 Å². The number of aromatic nitrogens is 3. The number of hydrogen-bond acceptors (Lipinski definition) is 5. The van der Waals surface area contributed by atoms with Crippen LogP contribution in [0.2, 0.25) is 5.02 Å². The fourth-order valence-electron chi connectivity index (χ4n) is 3.32. The molecule has 0 aliphatic heterocycles. The summed E-state index contributed by atoms with van der Waals surface area (Å²) in [4.78, 5) is 35.5. The van der Waals surface area contributed by atoms with E-state index in [0.717, 1.165) is 28.7 Å². The molecule has 2 aromatic heterocycles. The van der Waals surface area contributed by atoms with Crippen LogP contribution in [-0.4, -0.2) is 32.8 Å². The Hall–Kier alpha value is -3.03. The van der Waals surface area contributed by atoms with Crippen molar-refractivity contribution in [2.45, 2.75) is 26.8 Å². The van der Waals surface area contributed by atoms with Crippen molar-refractivity contribution < 1.29 is 9.59 Å². The van der Waals surface area contributed by atoms with Gasteiger partial charge in [-0.15, -0.1) is 0 Å². The van der Waals surface area contributed by atoms with E-state index < -0.39 is 0 Å². The quantitative estimate of drug-likeness (QED) is 0.352. The number of Topliss-reactive ketones (excluding diaryl/α,β-unsaturated/α-hetero) is 1. The second-order valence-corrected chi connectivity index (χ2v) is 8.68. The van der Waals surface area contributed by atoms with E-state index in [1.807, 2.05) is 29.8 Å². The maximum atomic E-state index is 13.4. The van der Waals surface area contributed by atoms with Crippen molar-refractivity contribution in [1.82, 2.24) is 14.5 Å². The van der Waals surface area contributed by atoms with E-state index in [1.165, 1.54) is 18.3 Å². The molecule has 0 spiro atoms. The molecule has 2 heterocycles. The predicted molar refractivity (Wildman–Crippen MR) is 124 cm³/mol. The lowest BCUT2D eigenvalue weighted by Gasteiger charge is -2.20. The van der Waals surface area contributed by atoms with Gasteiger partial charge in [0.2, 0.25) is 0 Å². The van der Waals surface area contributed by atoms with Crippen LogP contribution in [0, 0.1) is 6.92 Å². The van der Waals surface area contributed by atoms with E-state index >= 15 is 0 Å². The Balaban J connectivity index is 1.65. The van der Waals surface area contributed by atoms with Crippen LogP contribution in [-0.2, 0) is 6.54 Å². The molecular weight excluding hydrogens is 432 g/mol. The van der Waals surface area contributed by atoms with Gasteiger partial charge < -0.3 is 4.57 Å². The number of imidazole rings is 1. The zero-order chi connectivity index (χ0) is 22.0. The maximum Gasteiger partial charge on any atom is 0.260 e. The fourth-order valence-corrected chi connectivity index (χ4v) is 4.52. The number of amides is 1. The highest BCUT2D eigenvalue weighted by molar-refractivity contribution is 7.22. The third-order valence-corrected chi connectivity index (χ3v) is 6.56. The Morgan fingerprint density at radius 2 is 1.87 bits per heavy atom. The van der Waals surface area contributed by atoms with Gasteiger partial charge in [0.1, 0.15) is 0 Å². The van der Waals surface area contributed by atoms with Crippen molar-refractivity contribution in [3.05, 3.63) is 76.8 Å². The number of aryl methyl sites for hydroxylation is 2. The lowest BCUT2D eigenvalue weighted by atomic mass is 10.1. The van der Waals surface area contributed by atoms with Crippen molar-refractivity contribution >= 4 is 50.0 Å². The molecule has 0 radical (unpaired) electrons. The van der Waals surface area contributed by atoms with Gasteiger partial charge in [-0.3, -0.25) is 14.5 Å². The van der Waals surface area contributed by atoms with Crippen LogP contribution >= 0.6 is 22.9 Å². The number of benzene rings is 2. The number of halogens is 1. The van der Waals surface area contributed by atoms with Crippen molar-refractivity contribution in [1.29, 1.82) is 0 Å². The first-order valence-electron chi connectivity index (χ1n) is 9.88. The van der Waals surface area contributed by atoms with Gasteiger partial charge in [0.15, 0.2) is 10.9 Å². The molecule has 0 bridgehead atoms. The normalized spacial score (nSPS) is 11.1. The Labute approximate surface area is 189 Å². The lowest BCUT2D eigenvalue weighted by molar-refractivity contribution is 0.0982. The van der Waals surface area contributed by atoms with Crippen LogP contribution in [0.25, 0.3) is 10.2 Å². The number of anilines is 1. The van der Waals surface area contributed by atoms with Gasteiger partial charge in [-0.2, -0.15) is 0 Å². The van der Waals surface area contributed by atoms with Gasteiger partial charge in [0.05, 0.1) is 16.5 Å². The van der Waals surface area contributed by atoms with E-state index in [-0.39, 0.29) is 11.7 Å². The summed E-state index contributed by atoms with van der Waals surface area (Å²) in [6.07, 6.45) is 6.13. The zero-order valence-electron chi connectivity index (χ0n) is 17.2. The van der Waals surface area contributed by atoms with Crippen molar-refractivity contribution in [3.8, 4) is 0 Å². The molecule has 0 fully saturated rings. The average molecular weight is 453 g/mol. The summed E-state index contributed by atoms with van der Waals surface area (Å²) in [6.45, 7) is 4.68. The second-order valence-electron chi connectivity index (χ2n) is 7.26. The number of carbonyl (C=O) groups excluding carboxylic acids is 2. The molecule has 1 amide bonds. The number of nitrogens with zero attached hydrogens (tertiary/aromatic N) is 4. The first-order chi connectivity index (χ1) is 14.9. The summed E-state index contributed by atoms with van der Waals surface area (Å²) in [7, 11) is 0. The molecule has 0 saturated carbocycles. The minimum atomic E-state index is -0.150. The number of thiazole rings is 1. The summed E-state index contributed by atoms with van der Waals surface area (Å²) in [5.74, 6) is -0.182. The highest BCUT2D eigenvalue weighted by atomic mass is 35.5. The molecule has 2 aromatic carbocycles. The van der Waals surface area contributed by atoms with Crippen LogP contribution in [0.4, 0.5) is 5.13 Å². The summed E-state index contributed by atoms with van der Waals surface area (Å²) in [5.41, 5.74) is 2.81. The SMILES string of the molecule is CC(=O)c1ccc(C(=O)N(CCCn2ccnc2)c2nc3c(C)c(Cl)ccc3s2)cc1. The fraction of sp³-hybridized carbons (Fsp3) is 0.217. The monoisotopic (exact) mass is 452 g/mol. The average Bonchev–Trinajstić information content (AvgIpc) is 3.44. The van der Waals surface area contributed by atoms with Gasteiger partial charge in [-0.25, -0.2) is 9.97 Å². The van der Waals surface area contributed by atoms with Crippen LogP contribution in [0.3, 0.4) is 0 Å². The molecule has 0 atom stereocenters. The van der Waals surface area contributed by atoms with E-state index in [4.69, 9.17) is 16.6 Å². The Bertz CT molecular complexity index is 1230. The third-order valence-electron chi connectivity index (χ3n) is 5.11. The van der Waals surface area contributed by atoms with Crippen LogP contribution in [0.5, 0.6) is 0 Å². The molecule has 0 aliphatic carbocycles. The Morgan fingerprint density at radius 1 is 1.13 bits per heavy atom. The number of rotatable bonds is 7. The number of carbonyl (C=O) groups is 2. The van der Waals surface area contributed by atoms with E-state index in [9.17, 15) is 9.59 Å². The Morgan fingerprint density at radius 3 is 2.55 bits per heavy atom.